The molecule has 2 heterocycles. The van der Waals surface area contributed by atoms with E-state index in [0.717, 1.165) is 29.6 Å². The molecule has 116 valence electrons. The summed E-state index contributed by atoms with van der Waals surface area (Å²) >= 11 is 3.71. The normalized spacial score (nSPS) is 12.9. The van der Waals surface area contributed by atoms with Crippen LogP contribution in [-0.4, -0.2) is 26.1 Å². The summed E-state index contributed by atoms with van der Waals surface area (Å²) < 4.78 is 5.05. The molecule has 0 aromatic carbocycles. The van der Waals surface area contributed by atoms with Crippen LogP contribution < -0.4 is 5.32 Å². The van der Waals surface area contributed by atoms with Gasteiger partial charge in [0.15, 0.2) is 0 Å². The van der Waals surface area contributed by atoms with Crippen molar-refractivity contribution in [3.63, 3.8) is 0 Å². The van der Waals surface area contributed by atoms with E-state index in [9.17, 15) is 0 Å². The van der Waals surface area contributed by atoms with Crippen molar-refractivity contribution in [3.05, 3.63) is 33.3 Å². The molecule has 0 amide bonds. The van der Waals surface area contributed by atoms with Crippen LogP contribution in [0.25, 0.3) is 0 Å². The van der Waals surface area contributed by atoms with Crippen molar-refractivity contribution in [2.45, 2.75) is 39.7 Å². The summed E-state index contributed by atoms with van der Waals surface area (Å²) in [6, 6.07) is 0.250. The zero-order valence-electron chi connectivity index (χ0n) is 13.4. The van der Waals surface area contributed by atoms with Crippen LogP contribution in [-0.2, 0) is 26.9 Å². The van der Waals surface area contributed by atoms with Crippen LogP contribution in [0, 0.1) is 6.92 Å². The Morgan fingerprint density at radius 2 is 2.00 bits per heavy atom. The molecule has 6 heteroatoms. The van der Waals surface area contributed by atoms with Gasteiger partial charge in [-0.3, -0.25) is 9.36 Å². The van der Waals surface area contributed by atoms with Crippen molar-refractivity contribution in [2.24, 2.45) is 14.1 Å². The van der Waals surface area contributed by atoms with E-state index in [0.29, 0.717) is 0 Å². The Labute approximate surface area is 134 Å². The largest absolute Gasteiger partial charge is 0.310 e. The molecule has 0 radical (unpaired) electrons. The smallest absolute Gasteiger partial charge is 0.0766 e. The fourth-order valence-corrected chi connectivity index (χ4v) is 3.41. The maximum atomic E-state index is 4.58. The number of rotatable bonds is 6. The molecule has 2 aromatic heterocycles. The van der Waals surface area contributed by atoms with Gasteiger partial charge in [-0.25, -0.2) is 0 Å². The molecule has 0 spiro atoms. The molecule has 1 unspecified atom stereocenters. The molecule has 0 bridgehead atoms. The van der Waals surface area contributed by atoms with Crippen LogP contribution in [0.15, 0.2) is 10.7 Å². The van der Waals surface area contributed by atoms with E-state index in [-0.39, 0.29) is 6.04 Å². The van der Waals surface area contributed by atoms with E-state index in [1.54, 1.807) is 0 Å². The van der Waals surface area contributed by atoms with Crippen LogP contribution in [0.3, 0.4) is 0 Å². The SMILES string of the molecule is CCNC(Cc1c(Br)c(CC)nn1C)c1cnn(C)c1C. The number of likely N-dealkylation sites (N-methyl/N-ethyl adjacent to an activating group) is 1. The highest BCUT2D eigenvalue weighted by atomic mass is 79.9. The number of aromatic nitrogens is 4. The summed E-state index contributed by atoms with van der Waals surface area (Å²) in [4.78, 5) is 0. The van der Waals surface area contributed by atoms with E-state index < -0.39 is 0 Å². The first-order valence-corrected chi connectivity index (χ1v) is 8.20. The second-order valence-corrected chi connectivity index (χ2v) is 6.10. The molecule has 0 aliphatic carbocycles. The maximum absolute atomic E-state index is 4.58. The van der Waals surface area contributed by atoms with Gasteiger partial charge in [-0.05, 0) is 35.8 Å². The number of halogens is 1. The van der Waals surface area contributed by atoms with E-state index >= 15 is 0 Å². The Kier molecular flexibility index (Phi) is 5.22. The molecule has 5 nitrogen and oxygen atoms in total. The Balaban J connectivity index is 2.33. The van der Waals surface area contributed by atoms with Crippen molar-refractivity contribution >= 4 is 15.9 Å². The van der Waals surface area contributed by atoms with Gasteiger partial charge in [0.25, 0.3) is 0 Å². The summed E-state index contributed by atoms with van der Waals surface area (Å²) in [5.41, 5.74) is 4.80. The Morgan fingerprint density at radius 3 is 2.48 bits per heavy atom. The van der Waals surface area contributed by atoms with Crippen LogP contribution >= 0.6 is 15.9 Å². The summed E-state index contributed by atoms with van der Waals surface area (Å²) in [6.07, 6.45) is 3.80. The van der Waals surface area contributed by atoms with Gasteiger partial charge in [-0.15, -0.1) is 0 Å². The molecule has 1 atom stereocenters. The van der Waals surface area contributed by atoms with Crippen molar-refractivity contribution in [1.29, 1.82) is 0 Å². The van der Waals surface area contributed by atoms with Gasteiger partial charge in [0.05, 0.1) is 22.1 Å². The quantitative estimate of drug-likeness (QED) is 0.868. The van der Waals surface area contributed by atoms with Gasteiger partial charge in [0.1, 0.15) is 0 Å². The minimum atomic E-state index is 0.250. The van der Waals surface area contributed by atoms with Crippen LogP contribution in [0.4, 0.5) is 0 Å². The fraction of sp³-hybridized carbons (Fsp3) is 0.600. The molecule has 2 rings (SSSR count). The van der Waals surface area contributed by atoms with Crippen molar-refractivity contribution in [2.75, 3.05) is 6.54 Å². The van der Waals surface area contributed by atoms with Crippen molar-refractivity contribution < 1.29 is 0 Å². The van der Waals surface area contributed by atoms with Crippen LogP contribution in [0.2, 0.25) is 0 Å². The van der Waals surface area contributed by atoms with Gasteiger partial charge in [-0.1, -0.05) is 13.8 Å². The topological polar surface area (TPSA) is 47.7 Å². The molecule has 0 aliphatic rings. The summed E-state index contributed by atoms with van der Waals surface area (Å²) in [5, 5.41) is 12.5. The first kappa shape index (κ1) is 16.2. The second kappa shape index (κ2) is 6.75. The lowest BCUT2D eigenvalue weighted by Crippen LogP contribution is -2.24. The minimum absolute atomic E-state index is 0.250. The molecule has 0 saturated heterocycles. The summed E-state index contributed by atoms with van der Waals surface area (Å²) in [5.74, 6) is 0. The van der Waals surface area contributed by atoms with Gasteiger partial charge in [-0.2, -0.15) is 10.2 Å². The van der Waals surface area contributed by atoms with Crippen LogP contribution in [0.1, 0.15) is 42.5 Å². The number of aryl methyl sites for hydroxylation is 3. The maximum Gasteiger partial charge on any atom is 0.0766 e. The first-order chi connectivity index (χ1) is 9.99. The Morgan fingerprint density at radius 1 is 1.29 bits per heavy atom. The molecular formula is C15H24BrN5. The Bertz CT molecular complexity index is 614. The lowest BCUT2D eigenvalue weighted by molar-refractivity contribution is 0.524. The third-order valence-corrected chi connectivity index (χ3v) is 4.91. The molecule has 1 N–H and O–H groups in total. The van der Waals surface area contributed by atoms with Gasteiger partial charge >= 0.3 is 0 Å². The number of nitrogens with zero attached hydrogens (tertiary/aromatic N) is 4. The minimum Gasteiger partial charge on any atom is -0.310 e. The highest BCUT2D eigenvalue weighted by Gasteiger charge is 2.21. The molecule has 0 saturated carbocycles. The highest BCUT2D eigenvalue weighted by molar-refractivity contribution is 9.10. The van der Waals surface area contributed by atoms with Crippen molar-refractivity contribution in [3.8, 4) is 0 Å². The molecule has 2 aromatic rings. The zero-order chi connectivity index (χ0) is 15.6. The number of nitrogens with one attached hydrogen (secondary N) is 1. The third-order valence-electron chi connectivity index (χ3n) is 4.00. The molecule has 0 aliphatic heterocycles. The lowest BCUT2D eigenvalue weighted by Gasteiger charge is -2.18. The van der Waals surface area contributed by atoms with E-state index in [1.165, 1.54) is 17.0 Å². The van der Waals surface area contributed by atoms with Crippen LogP contribution in [0.5, 0.6) is 0 Å². The molecule has 0 fully saturated rings. The summed E-state index contributed by atoms with van der Waals surface area (Å²) in [7, 11) is 4.00. The average Bonchev–Trinajstić information content (AvgIpc) is 2.92. The molecular weight excluding hydrogens is 330 g/mol. The average molecular weight is 354 g/mol. The lowest BCUT2D eigenvalue weighted by atomic mass is 10.0. The van der Waals surface area contributed by atoms with Gasteiger partial charge in [0, 0.05) is 37.8 Å². The number of hydrogen-bond donors (Lipinski definition) is 1. The van der Waals surface area contributed by atoms with Gasteiger partial charge in [0.2, 0.25) is 0 Å². The number of hydrogen-bond acceptors (Lipinski definition) is 3. The predicted molar refractivity (Wildman–Crippen MR) is 88.4 cm³/mol. The zero-order valence-corrected chi connectivity index (χ0v) is 15.0. The highest BCUT2D eigenvalue weighted by Crippen LogP contribution is 2.27. The van der Waals surface area contributed by atoms with E-state index in [2.05, 4.69) is 52.2 Å². The predicted octanol–water partition coefficient (Wildman–Crippen LogP) is 2.68. The fourth-order valence-electron chi connectivity index (χ4n) is 2.63. The molecule has 21 heavy (non-hydrogen) atoms. The van der Waals surface area contributed by atoms with Crippen molar-refractivity contribution in [1.82, 2.24) is 24.9 Å². The standard InChI is InChI=1S/C15H24BrN5/c1-6-12-15(16)14(21(5)19-12)8-13(17-7-2)11-9-18-20(4)10(11)3/h9,13,17H,6-8H2,1-5H3. The van der Waals surface area contributed by atoms with E-state index in [4.69, 9.17) is 0 Å². The first-order valence-electron chi connectivity index (χ1n) is 7.41. The third kappa shape index (κ3) is 3.21. The summed E-state index contributed by atoms with van der Waals surface area (Å²) in [6.45, 7) is 7.30. The van der Waals surface area contributed by atoms with E-state index in [1.807, 2.05) is 29.7 Å². The second-order valence-electron chi connectivity index (χ2n) is 5.31. The van der Waals surface area contributed by atoms with Gasteiger partial charge < -0.3 is 5.32 Å². The monoisotopic (exact) mass is 353 g/mol. The Hall–Kier alpha value is -1.14.